The van der Waals surface area contributed by atoms with Crippen molar-refractivity contribution in [2.24, 2.45) is 0 Å². The number of methoxy groups -OCH3 is 1. The fraction of sp³-hybridized carbons (Fsp3) is 0.286. The lowest BCUT2D eigenvalue weighted by atomic mass is 10.1. The summed E-state index contributed by atoms with van der Waals surface area (Å²) in [5.74, 6) is -0.386. The van der Waals surface area contributed by atoms with E-state index in [2.05, 4.69) is 10.4 Å². The van der Waals surface area contributed by atoms with Crippen molar-refractivity contribution in [2.45, 2.75) is 13.7 Å². The number of aromatic nitrogens is 2. The Morgan fingerprint density at radius 2 is 2.26 bits per heavy atom. The molecule has 1 heterocycles. The third kappa shape index (κ3) is 4.04. The summed E-state index contributed by atoms with van der Waals surface area (Å²) in [6.07, 6.45) is 3.07. The van der Waals surface area contributed by atoms with Gasteiger partial charge in [-0.15, -0.1) is 0 Å². The third-order valence-corrected chi connectivity index (χ3v) is 2.96. The van der Waals surface area contributed by atoms with E-state index in [4.69, 9.17) is 9.47 Å². The molecule has 1 aromatic carbocycles. The summed E-state index contributed by atoms with van der Waals surface area (Å²) in [6.45, 7) is 2.69. The van der Waals surface area contributed by atoms with E-state index in [0.29, 0.717) is 12.3 Å². The summed E-state index contributed by atoms with van der Waals surface area (Å²) in [5.41, 5.74) is 0.343. The lowest BCUT2D eigenvalue weighted by molar-refractivity contribution is -0.385. The van der Waals surface area contributed by atoms with E-state index in [1.54, 1.807) is 6.20 Å². The summed E-state index contributed by atoms with van der Waals surface area (Å²) in [7, 11) is 1.33. The van der Waals surface area contributed by atoms with Crippen LogP contribution in [0, 0.1) is 10.1 Å². The number of nitrogens with zero attached hydrogens (tertiary/aromatic N) is 3. The first kappa shape index (κ1) is 16.4. The van der Waals surface area contributed by atoms with E-state index >= 15 is 0 Å². The summed E-state index contributed by atoms with van der Waals surface area (Å²) >= 11 is 0. The molecule has 0 bridgehead atoms. The Morgan fingerprint density at radius 3 is 2.91 bits per heavy atom. The first-order valence-electron chi connectivity index (χ1n) is 6.79. The highest BCUT2D eigenvalue weighted by Crippen LogP contribution is 2.27. The minimum Gasteiger partial charge on any atom is -0.490 e. The standard InChI is InChI=1S/C14H16N4O5/c1-3-23-9-17-8-11(7-15-17)16-14(19)10-4-5-13(22-2)12(6-10)18(20)21/h4-8H,3,9H2,1-2H3,(H,16,19). The van der Waals surface area contributed by atoms with E-state index in [1.807, 2.05) is 6.92 Å². The number of nitrogens with one attached hydrogen (secondary N) is 1. The van der Waals surface area contributed by atoms with Crippen molar-refractivity contribution in [1.82, 2.24) is 9.78 Å². The summed E-state index contributed by atoms with van der Waals surface area (Å²) in [5, 5.41) is 17.6. The molecular formula is C14H16N4O5. The molecule has 0 aliphatic rings. The fourth-order valence-electron chi connectivity index (χ4n) is 1.86. The minimum absolute atomic E-state index is 0.0936. The molecule has 122 valence electrons. The normalized spacial score (nSPS) is 10.3. The van der Waals surface area contributed by atoms with Crippen molar-refractivity contribution in [1.29, 1.82) is 0 Å². The molecule has 2 rings (SSSR count). The third-order valence-electron chi connectivity index (χ3n) is 2.96. The van der Waals surface area contributed by atoms with E-state index in [0.717, 1.165) is 0 Å². The second kappa shape index (κ2) is 7.36. The van der Waals surface area contributed by atoms with Gasteiger partial charge in [-0.3, -0.25) is 14.9 Å². The summed E-state index contributed by atoms with van der Waals surface area (Å²) < 4.78 is 11.6. The molecule has 0 aliphatic carbocycles. The minimum atomic E-state index is -0.601. The molecule has 0 spiro atoms. The van der Waals surface area contributed by atoms with Gasteiger partial charge in [0.2, 0.25) is 0 Å². The number of benzene rings is 1. The average Bonchev–Trinajstić information content (AvgIpc) is 2.99. The van der Waals surface area contributed by atoms with Crippen LogP contribution in [-0.2, 0) is 11.5 Å². The molecular weight excluding hydrogens is 304 g/mol. The lowest BCUT2D eigenvalue weighted by Gasteiger charge is -2.05. The van der Waals surface area contributed by atoms with Crippen LogP contribution in [0.3, 0.4) is 0 Å². The molecule has 0 atom stereocenters. The molecule has 0 unspecified atom stereocenters. The van der Waals surface area contributed by atoms with Crippen LogP contribution in [0.15, 0.2) is 30.6 Å². The number of nitro benzene ring substituents is 1. The number of anilines is 1. The highest BCUT2D eigenvalue weighted by atomic mass is 16.6. The molecule has 1 aromatic heterocycles. The maximum Gasteiger partial charge on any atom is 0.311 e. The van der Waals surface area contributed by atoms with Gasteiger partial charge >= 0.3 is 5.69 Å². The van der Waals surface area contributed by atoms with Gasteiger partial charge in [-0.05, 0) is 19.1 Å². The zero-order chi connectivity index (χ0) is 16.8. The van der Waals surface area contributed by atoms with E-state index in [1.165, 1.54) is 36.2 Å². The van der Waals surface area contributed by atoms with Crippen molar-refractivity contribution in [3.8, 4) is 5.75 Å². The Morgan fingerprint density at radius 1 is 1.48 bits per heavy atom. The molecule has 9 heteroatoms. The van der Waals surface area contributed by atoms with E-state index in [9.17, 15) is 14.9 Å². The Kier molecular flexibility index (Phi) is 5.26. The van der Waals surface area contributed by atoms with Crippen LogP contribution >= 0.6 is 0 Å². The highest BCUT2D eigenvalue weighted by Gasteiger charge is 2.18. The highest BCUT2D eigenvalue weighted by molar-refractivity contribution is 6.04. The molecule has 0 saturated carbocycles. The van der Waals surface area contributed by atoms with Crippen molar-refractivity contribution in [3.05, 3.63) is 46.3 Å². The fourth-order valence-corrected chi connectivity index (χ4v) is 1.86. The molecule has 9 nitrogen and oxygen atoms in total. The van der Waals surface area contributed by atoms with Crippen molar-refractivity contribution in [3.63, 3.8) is 0 Å². The number of hydrogen-bond acceptors (Lipinski definition) is 6. The Hall–Kier alpha value is -2.94. The van der Waals surface area contributed by atoms with Crippen molar-refractivity contribution < 1.29 is 19.2 Å². The lowest BCUT2D eigenvalue weighted by Crippen LogP contribution is -2.12. The average molecular weight is 320 g/mol. The molecule has 1 amide bonds. The zero-order valence-corrected chi connectivity index (χ0v) is 12.7. The van der Waals surface area contributed by atoms with Crippen LogP contribution in [0.2, 0.25) is 0 Å². The van der Waals surface area contributed by atoms with Crippen molar-refractivity contribution >= 4 is 17.3 Å². The predicted molar refractivity (Wildman–Crippen MR) is 81.5 cm³/mol. The maximum atomic E-state index is 12.2. The number of carbonyl (C=O) groups is 1. The van der Waals surface area contributed by atoms with E-state index in [-0.39, 0.29) is 23.7 Å². The molecule has 0 fully saturated rings. The van der Waals surface area contributed by atoms with Crippen LogP contribution in [0.5, 0.6) is 5.75 Å². The number of rotatable bonds is 7. The number of ether oxygens (including phenoxy) is 2. The molecule has 0 radical (unpaired) electrons. The Bertz CT molecular complexity index is 713. The van der Waals surface area contributed by atoms with Gasteiger partial charge in [0.25, 0.3) is 5.91 Å². The van der Waals surface area contributed by atoms with Crippen LogP contribution in [-0.4, -0.2) is 34.3 Å². The molecule has 23 heavy (non-hydrogen) atoms. The monoisotopic (exact) mass is 320 g/mol. The van der Waals surface area contributed by atoms with Crippen LogP contribution < -0.4 is 10.1 Å². The zero-order valence-electron chi connectivity index (χ0n) is 12.7. The van der Waals surface area contributed by atoms with Crippen LogP contribution in [0.1, 0.15) is 17.3 Å². The van der Waals surface area contributed by atoms with Gasteiger partial charge in [-0.25, -0.2) is 4.68 Å². The van der Waals surface area contributed by atoms with Gasteiger partial charge < -0.3 is 14.8 Å². The number of amides is 1. The Balaban J connectivity index is 2.13. The number of hydrogen-bond donors (Lipinski definition) is 1. The molecule has 2 aromatic rings. The first-order valence-corrected chi connectivity index (χ1v) is 6.79. The second-order valence-corrected chi connectivity index (χ2v) is 4.49. The summed E-state index contributed by atoms with van der Waals surface area (Å²) in [4.78, 5) is 22.6. The maximum absolute atomic E-state index is 12.2. The van der Waals surface area contributed by atoms with Gasteiger partial charge in [0, 0.05) is 18.2 Å². The van der Waals surface area contributed by atoms with Gasteiger partial charge in [-0.2, -0.15) is 5.10 Å². The van der Waals surface area contributed by atoms with E-state index < -0.39 is 10.8 Å². The van der Waals surface area contributed by atoms with Crippen LogP contribution in [0.25, 0.3) is 0 Å². The van der Waals surface area contributed by atoms with Crippen LogP contribution in [0.4, 0.5) is 11.4 Å². The molecule has 1 N–H and O–H groups in total. The largest absolute Gasteiger partial charge is 0.490 e. The topological polar surface area (TPSA) is 109 Å². The number of nitro groups is 1. The number of carbonyl (C=O) groups excluding carboxylic acids is 1. The molecule has 0 aliphatic heterocycles. The van der Waals surface area contributed by atoms with Gasteiger partial charge in [0.05, 0.1) is 30.1 Å². The molecule has 0 saturated heterocycles. The summed E-state index contributed by atoms with van der Waals surface area (Å²) in [6, 6.07) is 4.00. The second-order valence-electron chi connectivity index (χ2n) is 4.49. The quantitative estimate of drug-likeness (QED) is 0.617. The van der Waals surface area contributed by atoms with Crippen molar-refractivity contribution in [2.75, 3.05) is 19.0 Å². The SMILES string of the molecule is CCOCn1cc(NC(=O)c2ccc(OC)c([N+](=O)[O-])c2)cn1. The van der Waals surface area contributed by atoms with Gasteiger partial charge in [-0.1, -0.05) is 0 Å². The predicted octanol–water partition coefficient (Wildman–Crippen LogP) is 2.05. The Labute approximate surface area is 132 Å². The van der Waals surface area contributed by atoms with Gasteiger partial charge in [0.1, 0.15) is 6.73 Å². The smallest absolute Gasteiger partial charge is 0.311 e. The first-order chi connectivity index (χ1) is 11.0. The van der Waals surface area contributed by atoms with Gasteiger partial charge in [0.15, 0.2) is 5.75 Å².